The zero-order valence-electron chi connectivity index (χ0n) is 8.79. The second kappa shape index (κ2) is 5.98. The minimum Gasteiger partial charge on any atom is -0.368 e. The van der Waals surface area contributed by atoms with Crippen LogP contribution < -0.4 is 11.1 Å². The third-order valence-corrected chi connectivity index (χ3v) is 2.58. The maximum absolute atomic E-state index is 11.6. The average Bonchev–Trinajstić information content (AvgIpc) is 2.69. The van der Waals surface area contributed by atoms with E-state index in [1.807, 2.05) is 0 Å². The van der Waals surface area contributed by atoms with E-state index in [-0.39, 0.29) is 18.1 Å². The maximum atomic E-state index is 11.6. The molecule has 0 aromatic heterocycles. The molecule has 2 atom stereocenters. The molecular formula is C10H20N2O2. The molecular weight excluding hydrogens is 180 g/mol. The van der Waals surface area contributed by atoms with E-state index in [1.54, 1.807) is 0 Å². The molecule has 82 valence electrons. The summed E-state index contributed by atoms with van der Waals surface area (Å²) in [7, 11) is 0. The molecule has 0 aromatic rings. The molecule has 4 nitrogen and oxygen atoms in total. The molecule has 0 aliphatic carbocycles. The molecule has 3 N–H and O–H groups in total. The summed E-state index contributed by atoms with van der Waals surface area (Å²) in [6.07, 6.45) is 3.39. The standard InChI is InChI=1S/C10H20N2O2/c1-2-8(5-6-11)12-10(13)9-4-3-7-14-9/h8-9H,2-7,11H2,1H3,(H,12,13). The van der Waals surface area contributed by atoms with Crippen LogP contribution in [0, 0.1) is 0 Å². The van der Waals surface area contributed by atoms with E-state index in [2.05, 4.69) is 12.2 Å². The van der Waals surface area contributed by atoms with Gasteiger partial charge in [-0.1, -0.05) is 6.92 Å². The van der Waals surface area contributed by atoms with Crippen LogP contribution in [0.1, 0.15) is 32.6 Å². The van der Waals surface area contributed by atoms with Crippen molar-refractivity contribution in [2.45, 2.75) is 44.8 Å². The molecule has 4 heteroatoms. The number of carbonyl (C=O) groups is 1. The van der Waals surface area contributed by atoms with Crippen LogP contribution in [-0.2, 0) is 9.53 Å². The Morgan fingerprint density at radius 2 is 2.50 bits per heavy atom. The first kappa shape index (κ1) is 11.5. The van der Waals surface area contributed by atoms with Gasteiger partial charge in [-0.05, 0) is 32.2 Å². The summed E-state index contributed by atoms with van der Waals surface area (Å²) >= 11 is 0. The van der Waals surface area contributed by atoms with Crippen LogP contribution >= 0.6 is 0 Å². The van der Waals surface area contributed by atoms with Gasteiger partial charge in [0.15, 0.2) is 0 Å². The number of rotatable bonds is 5. The first-order valence-electron chi connectivity index (χ1n) is 5.40. The van der Waals surface area contributed by atoms with Gasteiger partial charge in [0, 0.05) is 12.6 Å². The van der Waals surface area contributed by atoms with Crippen molar-refractivity contribution in [1.82, 2.24) is 5.32 Å². The summed E-state index contributed by atoms with van der Waals surface area (Å²) in [5, 5.41) is 2.97. The molecule has 0 radical (unpaired) electrons. The Hall–Kier alpha value is -0.610. The van der Waals surface area contributed by atoms with E-state index in [4.69, 9.17) is 10.5 Å². The van der Waals surface area contributed by atoms with Crippen LogP contribution in [0.2, 0.25) is 0 Å². The highest BCUT2D eigenvalue weighted by Gasteiger charge is 2.24. The van der Waals surface area contributed by atoms with Gasteiger partial charge in [0.25, 0.3) is 0 Å². The third-order valence-electron chi connectivity index (χ3n) is 2.58. The van der Waals surface area contributed by atoms with E-state index >= 15 is 0 Å². The van der Waals surface area contributed by atoms with Gasteiger partial charge in [-0.25, -0.2) is 0 Å². The minimum absolute atomic E-state index is 0.0304. The normalized spacial score (nSPS) is 23.4. The second-order valence-corrected chi connectivity index (χ2v) is 3.69. The number of carbonyl (C=O) groups excluding carboxylic acids is 1. The van der Waals surface area contributed by atoms with Gasteiger partial charge >= 0.3 is 0 Å². The molecule has 14 heavy (non-hydrogen) atoms. The van der Waals surface area contributed by atoms with Crippen molar-refractivity contribution in [3.8, 4) is 0 Å². The predicted octanol–water partition coefficient (Wildman–Crippen LogP) is 0.409. The minimum atomic E-state index is -0.221. The first-order chi connectivity index (χ1) is 6.77. The molecule has 1 rings (SSSR count). The molecule has 1 aliphatic heterocycles. The first-order valence-corrected chi connectivity index (χ1v) is 5.40. The van der Waals surface area contributed by atoms with Crippen LogP contribution in [0.25, 0.3) is 0 Å². The molecule has 1 fully saturated rings. The fraction of sp³-hybridized carbons (Fsp3) is 0.900. The van der Waals surface area contributed by atoms with Crippen molar-refractivity contribution in [2.75, 3.05) is 13.2 Å². The van der Waals surface area contributed by atoms with E-state index in [0.717, 1.165) is 25.7 Å². The zero-order valence-corrected chi connectivity index (χ0v) is 8.79. The van der Waals surface area contributed by atoms with E-state index in [0.29, 0.717) is 13.2 Å². The molecule has 0 aromatic carbocycles. The summed E-state index contributed by atoms with van der Waals surface area (Å²) in [4.78, 5) is 11.6. The number of hydrogen-bond donors (Lipinski definition) is 2. The number of nitrogens with two attached hydrogens (primary N) is 1. The second-order valence-electron chi connectivity index (χ2n) is 3.69. The summed E-state index contributed by atoms with van der Waals surface area (Å²) in [6, 6.07) is 0.205. The van der Waals surface area contributed by atoms with Gasteiger partial charge in [-0.2, -0.15) is 0 Å². The number of amides is 1. The average molecular weight is 200 g/mol. The summed E-state index contributed by atoms with van der Waals surface area (Å²) in [6.45, 7) is 3.38. The smallest absolute Gasteiger partial charge is 0.249 e. The van der Waals surface area contributed by atoms with E-state index in [9.17, 15) is 4.79 Å². The number of hydrogen-bond acceptors (Lipinski definition) is 3. The van der Waals surface area contributed by atoms with E-state index < -0.39 is 0 Å². The van der Waals surface area contributed by atoms with Crippen molar-refractivity contribution in [3.05, 3.63) is 0 Å². The van der Waals surface area contributed by atoms with Crippen molar-refractivity contribution in [1.29, 1.82) is 0 Å². The Morgan fingerprint density at radius 1 is 1.71 bits per heavy atom. The van der Waals surface area contributed by atoms with Crippen molar-refractivity contribution < 1.29 is 9.53 Å². The van der Waals surface area contributed by atoms with Crippen LogP contribution in [-0.4, -0.2) is 31.2 Å². The molecule has 0 bridgehead atoms. The Morgan fingerprint density at radius 3 is 3.00 bits per heavy atom. The van der Waals surface area contributed by atoms with Crippen LogP contribution in [0.3, 0.4) is 0 Å². The van der Waals surface area contributed by atoms with Gasteiger partial charge in [0.1, 0.15) is 6.10 Å². The fourth-order valence-electron chi connectivity index (χ4n) is 1.66. The van der Waals surface area contributed by atoms with Crippen LogP contribution in [0.5, 0.6) is 0 Å². The summed E-state index contributed by atoms with van der Waals surface area (Å²) in [5.74, 6) is 0.0304. The van der Waals surface area contributed by atoms with Crippen LogP contribution in [0.4, 0.5) is 0 Å². The fourth-order valence-corrected chi connectivity index (χ4v) is 1.66. The molecule has 1 aliphatic rings. The summed E-state index contributed by atoms with van der Waals surface area (Å²) in [5.41, 5.74) is 5.45. The zero-order chi connectivity index (χ0) is 10.4. The Kier molecular flexibility index (Phi) is 4.90. The van der Waals surface area contributed by atoms with Gasteiger partial charge in [-0.15, -0.1) is 0 Å². The van der Waals surface area contributed by atoms with Crippen molar-refractivity contribution >= 4 is 5.91 Å². The largest absolute Gasteiger partial charge is 0.368 e. The molecule has 0 spiro atoms. The lowest BCUT2D eigenvalue weighted by Crippen LogP contribution is -2.41. The Balaban J connectivity index is 2.29. The topological polar surface area (TPSA) is 64.3 Å². The quantitative estimate of drug-likeness (QED) is 0.675. The van der Waals surface area contributed by atoms with Gasteiger partial charge < -0.3 is 15.8 Å². The highest BCUT2D eigenvalue weighted by molar-refractivity contribution is 5.81. The van der Waals surface area contributed by atoms with Gasteiger partial charge in [0.2, 0.25) is 5.91 Å². The lowest BCUT2D eigenvalue weighted by Gasteiger charge is -2.18. The summed E-state index contributed by atoms with van der Waals surface area (Å²) < 4.78 is 5.29. The highest BCUT2D eigenvalue weighted by Crippen LogP contribution is 2.12. The van der Waals surface area contributed by atoms with E-state index in [1.165, 1.54) is 0 Å². The van der Waals surface area contributed by atoms with Gasteiger partial charge in [0.05, 0.1) is 0 Å². The lowest BCUT2D eigenvalue weighted by atomic mass is 10.1. The molecule has 1 saturated heterocycles. The van der Waals surface area contributed by atoms with Crippen LogP contribution in [0.15, 0.2) is 0 Å². The van der Waals surface area contributed by atoms with Gasteiger partial charge in [-0.3, -0.25) is 4.79 Å². The van der Waals surface area contributed by atoms with Crippen molar-refractivity contribution in [2.24, 2.45) is 5.73 Å². The monoisotopic (exact) mass is 200 g/mol. The third kappa shape index (κ3) is 3.27. The lowest BCUT2D eigenvalue weighted by molar-refractivity contribution is -0.130. The Bertz CT molecular complexity index is 179. The van der Waals surface area contributed by atoms with Crippen molar-refractivity contribution in [3.63, 3.8) is 0 Å². The molecule has 2 unspecified atom stereocenters. The SMILES string of the molecule is CCC(CCN)NC(=O)C1CCCO1. The predicted molar refractivity (Wildman–Crippen MR) is 54.9 cm³/mol. The number of ether oxygens (including phenoxy) is 1. The molecule has 1 amide bonds. The maximum Gasteiger partial charge on any atom is 0.249 e. The number of nitrogens with one attached hydrogen (secondary N) is 1. The molecule has 0 saturated carbocycles. The Labute approximate surface area is 85.2 Å². The molecule has 1 heterocycles. The highest BCUT2D eigenvalue weighted by atomic mass is 16.5.